The summed E-state index contributed by atoms with van der Waals surface area (Å²) in [7, 11) is 1.55. The number of rotatable bonds is 11. The average Bonchev–Trinajstić information content (AvgIpc) is 3.40. The maximum Gasteiger partial charge on any atom is 0.229 e. The lowest BCUT2D eigenvalue weighted by atomic mass is 9.75. The molecule has 5 nitrogen and oxygen atoms in total. The molecule has 0 radical (unpaired) electrons. The van der Waals surface area contributed by atoms with Crippen LogP contribution in [0.3, 0.4) is 0 Å². The number of hydrogen-bond donors (Lipinski definition) is 0. The maximum absolute atomic E-state index is 13.9. The number of methoxy groups -OCH3 is 1. The van der Waals surface area contributed by atoms with E-state index in [2.05, 4.69) is 25.2 Å². The van der Waals surface area contributed by atoms with Crippen LogP contribution in [0, 0.1) is 23.7 Å². The normalized spacial score (nSPS) is 25.8. The van der Waals surface area contributed by atoms with Crippen molar-refractivity contribution in [2.75, 3.05) is 7.11 Å². The quantitative estimate of drug-likeness (QED) is 0.198. The van der Waals surface area contributed by atoms with Gasteiger partial charge in [-0.1, -0.05) is 63.0 Å². The van der Waals surface area contributed by atoms with Crippen LogP contribution in [-0.4, -0.2) is 30.2 Å². The molecule has 0 N–H and O–H groups in total. The van der Waals surface area contributed by atoms with E-state index in [1.54, 1.807) is 25.3 Å². The Morgan fingerprint density at radius 1 is 0.929 bits per heavy atom. The number of ether oxygens (including phenoxy) is 1. The highest BCUT2D eigenvalue weighted by molar-refractivity contribution is 6.55. The zero-order valence-corrected chi connectivity index (χ0v) is 25.6. The third-order valence-corrected chi connectivity index (χ3v) is 10.0. The van der Waals surface area contributed by atoms with Gasteiger partial charge in [-0.25, -0.2) is 0 Å². The topological polar surface area (TPSA) is 77.5 Å². The largest absolute Gasteiger partial charge is 0.496 e. The SMILES string of the molecule is CCCC(=O)C1C=C(C(=O)C(=O)C2CCCCC2)c2cc(C(=O)C3CCC(CC4=CCC(C)C=C4)CC3)c(OC)cc21. The molecular formula is C37H46O5. The third-order valence-electron chi connectivity index (χ3n) is 10.0. The van der Waals surface area contributed by atoms with Crippen LogP contribution in [0.2, 0.25) is 0 Å². The molecule has 0 saturated heterocycles. The summed E-state index contributed by atoms with van der Waals surface area (Å²) in [4.78, 5) is 54.0. The van der Waals surface area contributed by atoms with Crippen molar-refractivity contribution >= 4 is 28.7 Å². The minimum atomic E-state index is -0.599. The zero-order valence-electron chi connectivity index (χ0n) is 25.6. The molecule has 5 rings (SSSR count). The third kappa shape index (κ3) is 6.45. The van der Waals surface area contributed by atoms with E-state index >= 15 is 0 Å². The number of fused-ring (bicyclic) bond motifs is 1. The first-order valence-corrected chi connectivity index (χ1v) is 16.3. The van der Waals surface area contributed by atoms with Gasteiger partial charge >= 0.3 is 0 Å². The van der Waals surface area contributed by atoms with Gasteiger partial charge in [0.15, 0.2) is 5.78 Å². The van der Waals surface area contributed by atoms with Gasteiger partial charge in [-0.2, -0.15) is 0 Å². The summed E-state index contributed by atoms with van der Waals surface area (Å²) in [5, 5.41) is 0. The van der Waals surface area contributed by atoms with Gasteiger partial charge in [0, 0.05) is 23.8 Å². The molecule has 42 heavy (non-hydrogen) atoms. The summed E-state index contributed by atoms with van der Waals surface area (Å²) >= 11 is 0. The van der Waals surface area contributed by atoms with Crippen molar-refractivity contribution in [3.63, 3.8) is 0 Å². The molecular weight excluding hydrogens is 524 g/mol. The Hall–Kier alpha value is -3.08. The van der Waals surface area contributed by atoms with Crippen molar-refractivity contribution < 1.29 is 23.9 Å². The summed E-state index contributed by atoms with van der Waals surface area (Å²) in [6.07, 6.45) is 20.1. The fourth-order valence-corrected chi connectivity index (χ4v) is 7.45. The molecule has 1 aromatic carbocycles. The lowest BCUT2D eigenvalue weighted by Gasteiger charge is -2.29. The molecule has 0 aromatic heterocycles. The van der Waals surface area contributed by atoms with E-state index in [9.17, 15) is 19.2 Å². The maximum atomic E-state index is 13.9. The first-order chi connectivity index (χ1) is 20.3. The Morgan fingerprint density at radius 3 is 2.31 bits per heavy atom. The van der Waals surface area contributed by atoms with Crippen LogP contribution in [0.5, 0.6) is 5.75 Å². The molecule has 4 aliphatic rings. The summed E-state index contributed by atoms with van der Waals surface area (Å²) in [5.74, 6) is -0.122. The molecule has 0 aliphatic heterocycles. The van der Waals surface area contributed by atoms with E-state index in [0.717, 1.165) is 70.6 Å². The number of benzene rings is 1. The summed E-state index contributed by atoms with van der Waals surface area (Å²) in [5.41, 5.74) is 3.40. The van der Waals surface area contributed by atoms with Crippen LogP contribution >= 0.6 is 0 Å². The predicted molar refractivity (Wildman–Crippen MR) is 166 cm³/mol. The molecule has 5 heteroatoms. The number of allylic oxidation sites excluding steroid dienone is 6. The van der Waals surface area contributed by atoms with Crippen molar-refractivity contribution in [1.29, 1.82) is 0 Å². The van der Waals surface area contributed by atoms with E-state index in [-0.39, 0.29) is 29.2 Å². The monoisotopic (exact) mass is 570 g/mol. The van der Waals surface area contributed by atoms with Crippen LogP contribution < -0.4 is 4.74 Å². The molecule has 4 aliphatic carbocycles. The van der Waals surface area contributed by atoms with Crippen LogP contribution in [0.25, 0.3) is 5.57 Å². The first-order valence-electron chi connectivity index (χ1n) is 16.3. The van der Waals surface area contributed by atoms with Crippen molar-refractivity contribution in [2.45, 2.75) is 103 Å². The van der Waals surface area contributed by atoms with Gasteiger partial charge in [0.1, 0.15) is 11.5 Å². The predicted octanol–water partition coefficient (Wildman–Crippen LogP) is 8.17. The molecule has 1 aromatic rings. The Balaban J connectivity index is 1.37. The standard InChI is InChI=1S/C37H46O5/c1-4-8-33(38)30-21-31(37(41)36(40)26-9-6-5-7-10-26)28-20-32(34(42-3)22-29(28)30)35(39)27-17-15-25(16-18-27)19-24-13-11-23(2)12-14-24/h11,13-14,20-23,25-27,30H,4-10,12,15-19H2,1-3H3. The second-order valence-electron chi connectivity index (χ2n) is 13.1. The van der Waals surface area contributed by atoms with Crippen LogP contribution in [0.1, 0.15) is 125 Å². The van der Waals surface area contributed by atoms with Gasteiger partial charge in [0.2, 0.25) is 11.6 Å². The molecule has 2 unspecified atom stereocenters. The van der Waals surface area contributed by atoms with Crippen molar-refractivity contribution in [3.05, 3.63) is 58.7 Å². The summed E-state index contributed by atoms with van der Waals surface area (Å²) < 4.78 is 5.72. The number of ketones is 4. The smallest absolute Gasteiger partial charge is 0.229 e. The fraction of sp³-hybridized carbons (Fsp3) is 0.568. The van der Waals surface area contributed by atoms with Crippen molar-refractivity contribution in [2.24, 2.45) is 23.7 Å². The molecule has 0 bridgehead atoms. The lowest BCUT2D eigenvalue weighted by molar-refractivity contribution is -0.136. The van der Waals surface area contributed by atoms with Gasteiger partial charge in [-0.3, -0.25) is 19.2 Å². The highest BCUT2D eigenvalue weighted by atomic mass is 16.5. The van der Waals surface area contributed by atoms with E-state index in [4.69, 9.17) is 4.74 Å². The fourth-order valence-electron chi connectivity index (χ4n) is 7.45. The van der Waals surface area contributed by atoms with Gasteiger partial charge in [0.05, 0.1) is 18.6 Å². The summed E-state index contributed by atoms with van der Waals surface area (Å²) in [6, 6.07) is 3.52. The van der Waals surface area contributed by atoms with Gasteiger partial charge < -0.3 is 4.74 Å². The number of Topliss-reactive ketones (excluding diaryl/α,β-unsaturated/α-hetero) is 4. The number of carbonyl (C=O) groups excluding carboxylic acids is 4. The number of hydrogen-bond acceptors (Lipinski definition) is 5. The van der Waals surface area contributed by atoms with Gasteiger partial charge in [0.25, 0.3) is 0 Å². The summed E-state index contributed by atoms with van der Waals surface area (Å²) in [6.45, 7) is 4.19. The second kappa shape index (κ2) is 13.5. The van der Waals surface area contributed by atoms with E-state index in [0.29, 0.717) is 52.7 Å². The Labute approximate surface area is 250 Å². The molecule has 224 valence electrons. The highest BCUT2D eigenvalue weighted by Gasteiger charge is 2.38. The van der Waals surface area contributed by atoms with Crippen molar-refractivity contribution in [3.8, 4) is 5.75 Å². The molecule has 0 spiro atoms. The molecule has 0 heterocycles. The molecule has 2 saturated carbocycles. The van der Waals surface area contributed by atoms with E-state index < -0.39 is 11.7 Å². The molecule has 0 amide bonds. The van der Waals surface area contributed by atoms with Crippen LogP contribution in [0.15, 0.2) is 42.0 Å². The average molecular weight is 571 g/mol. The Bertz CT molecular complexity index is 1310. The van der Waals surface area contributed by atoms with E-state index in [1.165, 1.54) is 5.57 Å². The van der Waals surface area contributed by atoms with E-state index in [1.807, 2.05) is 6.92 Å². The minimum absolute atomic E-state index is 0.0171. The Kier molecular flexibility index (Phi) is 9.75. The van der Waals surface area contributed by atoms with Gasteiger partial charge in [-0.15, -0.1) is 0 Å². The Morgan fingerprint density at radius 2 is 1.67 bits per heavy atom. The zero-order chi connectivity index (χ0) is 29.8. The minimum Gasteiger partial charge on any atom is -0.496 e. The molecule has 2 fully saturated rings. The van der Waals surface area contributed by atoms with Gasteiger partial charge in [-0.05, 0) is 92.9 Å². The van der Waals surface area contributed by atoms with Crippen molar-refractivity contribution in [1.82, 2.24) is 0 Å². The molecule has 2 atom stereocenters. The second-order valence-corrected chi connectivity index (χ2v) is 13.1. The lowest BCUT2D eigenvalue weighted by Crippen LogP contribution is -2.26. The first kappa shape index (κ1) is 30.4. The van der Waals surface area contributed by atoms with Crippen LogP contribution in [-0.2, 0) is 14.4 Å². The number of carbonyl (C=O) groups is 4. The highest BCUT2D eigenvalue weighted by Crippen LogP contribution is 2.44. The van der Waals surface area contributed by atoms with Crippen LogP contribution in [0.4, 0.5) is 0 Å².